The van der Waals surface area contributed by atoms with Gasteiger partial charge in [0.05, 0.1) is 0 Å². The number of nitrogens with zero attached hydrogens (tertiary/aromatic N) is 2. The Morgan fingerprint density at radius 2 is 1.94 bits per heavy atom. The lowest BCUT2D eigenvalue weighted by molar-refractivity contribution is 0.507. The molecule has 6 heteroatoms. The average molecular weight is 269 g/mol. The quantitative estimate of drug-likeness (QED) is 0.904. The molecule has 0 aliphatic carbocycles. The fourth-order valence-corrected chi connectivity index (χ4v) is 2.40. The second-order valence-electron chi connectivity index (χ2n) is 3.87. The van der Waals surface area contributed by atoms with Gasteiger partial charge in [-0.05, 0) is 24.7 Å². The Hall–Kier alpha value is -1.40. The van der Waals surface area contributed by atoms with Crippen molar-refractivity contribution in [1.82, 2.24) is 15.5 Å². The van der Waals surface area contributed by atoms with Crippen molar-refractivity contribution in [1.29, 1.82) is 0 Å². The van der Waals surface area contributed by atoms with E-state index >= 15 is 0 Å². The molecule has 0 bridgehead atoms. The molecule has 2 aromatic rings. The van der Waals surface area contributed by atoms with Crippen molar-refractivity contribution in [2.75, 3.05) is 13.6 Å². The van der Waals surface area contributed by atoms with E-state index in [9.17, 15) is 8.78 Å². The minimum atomic E-state index is -0.828. The maximum atomic E-state index is 13.0. The normalized spacial score (nSPS) is 10.8. The van der Waals surface area contributed by atoms with Gasteiger partial charge in [-0.3, -0.25) is 0 Å². The first-order valence-electron chi connectivity index (χ1n) is 5.59. The van der Waals surface area contributed by atoms with Crippen molar-refractivity contribution in [2.45, 2.75) is 12.8 Å². The summed E-state index contributed by atoms with van der Waals surface area (Å²) in [5.41, 5.74) is 0.699. The van der Waals surface area contributed by atoms with Crippen LogP contribution in [-0.2, 0) is 12.8 Å². The summed E-state index contributed by atoms with van der Waals surface area (Å²) >= 11 is 1.50. The third-order valence-corrected chi connectivity index (χ3v) is 3.42. The van der Waals surface area contributed by atoms with E-state index in [0.717, 1.165) is 29.0 Å². The van der Waals surface area contributed by atoms with Crippen LogP contribution in [0.5, 0.6) is 0 Å². The Labute approximate surface area is 108 Å². The monoisotopic (exact) mass is 269 g/mol. The first kappa shape index (κ1) is 13.0. The summed E-state index contributed by atoms with van der Waals surface area (Å²) in [5.74, 6) is -1.65. The Kier molecular flexibility index (Phi) is 4.33. The van der Waals surface area contributed by atoms with Crippen LogP contribution in [0.2, 0.25) is 0 Å². The highest BCUT2D eigenvalue weighted by atomic mass is 32.1. The number of hydrogen-bond donors (Lipinski definition) is 1. The van der Waals surface area contributed by atoms with Crippen molar-refractivity contribution in [2.24, 2.45) is 0 Å². The highest BCUT2D eigenvalue weighted by molar-refractivity contribution is 7.11. The summed E-state index contributed by atoms with van der Waals surface area (Å²) in [6.45, 7) is 0.847. The molecule has 1 N–H and O–H groups in total. The largest absolute Gasteiger partial charge is 0.319 e. The van der Waals surface area contributed by atoms with Gasteiger partial charge >= 0.3 is 0 Å². The second-order valence-corrected chi connectivity index (χ2v) is 5.01. The van der Waals surface area contributed by atoms with Crippen LogP contribution in [0.1, 0.15) is 15.6 Å². The lowest BCUT2D eigenvalue weighted by atomic mass is 10.1. The Balaban J connectivity index is 2.04. The van der Waals surface area contributed by atoms with Gasteiger partial charge in [0, 0.05) is 19.4 Å². The predicted molar refractivity (Wildman–Crippen MR) is 66.7 cm³/mol. The van der Waals surface area contributed by atoms with E-state index in [1.165, 1.54) is 17.4 Å². The summed E-state index contributed by atoms with van der Waals surface area (Å²) in [7, 11) is 1.88. The molecule has 0 saturated carbocycles. The molecular weight excluding hydrogens is 256 g/mol. The highest BCUT2D eigenvalue weighted by Crippen LogP contribution is 2.16. The van der Waals surface area contributed by atoms with Crippen LogP contribution < -0.4 is 5.32 Å². The van der Waals surface area contributed by atoms with E-state index in [0.29, 0.717) is 12.0 Å². The van der Waals surface area contributed by atoms with Crippen LogP contribution in [0.3, 0.4) is 0 Å². The molecule has 0 unspecified atom stereocenters. The average Bonchev–Trinajstić information content (AvgIpc) is 2.79. The lowest BCUT2D eigenvalue weighted by Crippen LogP contribution is -2.09. The fourth-order valence-electron chi connectivity index (χ4n) is 1.52. The summed E-state index contributed by atoms with van der Waals surface area (Å²) in [5, 5.41) is 12.9. The summed E-state index contributed by atoms with van der Waals surface area (Å²) in [6.07, 6.45) is 1.31. The molecular formula is C12H13F2N3S. The maximum absolute atomic E-state index is 13.0. The number of aromatic nitrogens is 2. The molecule has 0 saturated heterocycles. The number of hydrogen-bond acceptors (Lipinski definition) is 4. The minimum absolute atomic E-state index is 0.481. The van der Waals surface area contributed by atoms with Gasteiger partial charge in [-0.15, -0.1) is 21.5 Å². The first-order valence-corrected chi connectivity index (χ1v) is 6.40. The molecule has 1 heterocycles. The molecule has 0 radical (unpaired) electrons. The van der Waals surface area contributed by atoms with E-state index in [-0.39, 0.29) is 0 Å². The van der Waals surface area contributed by atoms with Crippen LogP contribution in [-0.4, -0.2) is 23.8 Å². The van der Waals surface area contributed by atoms with Crippen LogP contribution in [0, 0.1) is 11.6 Å². The number of rotatable bonds is 5. The van der Waals surface area contributed by atoms with Crippen LogP contribution in [0.15, 0.2) is 18.2 Å². The molecule has 0 amide bonds. The van der Waals surface area contributed by atoms with Gasteiger partial charge in [0.25, 0.3) is 0 Å². The van der Waals surface area contributed by atoms with Crippen LogP contribution in [0.25, 0.3) is 0 Å². The molecule has 0 aliphatic rings. The molecule has 0 atom stereocenters. The topological polar surface area (TPSA) is 37.8 Å². The van der Waals surface area contributed by atoms with Gasteiger partial charge in [-0.25, -0.2) is 8.78 Å². The molecule has 0 spiro atoms. The summed E-state index contributed by atoms with van der Waals surface area (Å²) in [6, 6.07) is 3.89. The van der Waals surface area contributed by atoms with E-state index in [4.69, 9.17) is 0 Å². The zero-order valence-electron chi connectivity index (χ0n) is 9.91. The van der Waals surface area contributed by atoms with Gasteiger partial charge < -0.3 is 5.32 Å². The van der Waals surface area contributed by atoms with Crippen LogP contribution in [0.4, 0.5) is 8.78 Å². The van der Waals surface area contributed by atoms with Gasteiger partial charge in [-0.1, -0.05) is 6.07 Å². The minimum Gasteiger partial charge on any atom is -0.319 e. The predicted octanol–water partition coefficient (Wildman–Crippen LogP) is 2.17. The standard InChI is InChI=1S/C12H13F2N3S/c1-15-5-4-11-16-17-12(18-11)7-8-2-3-9(13)10(14)6-8/h2-3,6,15H,4-5,7H2,1H3. The third-order valence-electron chi connectivity index (χ3n) is 2.44. The number of halogens is 2. The van der Waals surface area contributed by atoms with Crippen molar-refractivity contribution < 1.29 is 8.78 Å². The van der Waals surface area contributed by atoms with Crippen molar-refractivity contribution in [3.8, 4) is 0 Å². The molecule has 18 heavy (non-hydrogen) atoms. The summed E-state index contributed by atoms with van der Waals surface area (Å²) < 4.78 is 25.8. The van der Waals surface area contributed by atoms with Crippen molar-refractivity contribution in [3.05, 3.63) is 45.4 Å². The smallest absolute Gasteiger partial charge is 0.159 e. The first-order chi connectivity index (χ1) is 8.69. The van der Waals surface area contributed by atoms with Crippen molar-refractivity contribution >= 4 is 11.3 Å². The molecule has 2 rings (SSSR count). The van der Waals surface area contributed by atoms with Gasteiger partial charge in [0.1, 0.15) is 10.0 Å². The second kappa shape index (κ2) is 5.97. The molecule has 96 valence electrons. The molecule has 0 fully saturated rings. The lowest BCUT2D eigenvalue weighted by Gasteiger charge is -1.98. The Morgan fingerprint density at radius 1 is 1.17 bits per heavy atom. The van der Waals surface area contributed by atoms with E-state index in [1.807, 2.05) is 7.05 Å². The van der Waals surface area contributed by atoms with Crippen LogP contribution >= 0.6 is 11.3 Å². The van der Waals surface area contributed by atoms with Gasteiger partial charge in [-0.2, -0.15) is 0 Å². The SMILES string of the molecule is CNCCc1nnc(Cc2ccc(F)c(F)c2)s1. The molecule has 3 nitrogen and oxygen atoms in total. The highest BCUT2D eigenvalue weighted by Gasteiger charge is 2.07. The van der Waals surface area contributed by atoms with Crippen molar-refractivity contribution in [3.63, 3.8) is 0 Å². The maximum Gasteiger partial charge on any atom is 0.159 e. The van der Waals surface area contributed by atoms with E-state index in [2.05, 4.69) is 15.5 Å². The van der Waals surface area contributed by atoms with E-state index in [1.54, 1.807) is 6.07 Å². The Morgan fingerprint density at radius 3 is 2.67 bits per heavy atom. The number of benzene rings is 1. The zero-order valence-corrected chi connectivity index (χ0v) is 10.7. The third kappa shape index (κ3) is 3.30. The zero-order chi connectivity index (χ0) is 13.0. The number of likely N-dealkylation sites (N-methyl/N-ethyl adjacent to an activating group) is 1. The van der Waals surface area contributed by atoms with Gasteiger partial charge in [0.2, 0.25) is 0 Å². The fraction of sp³-hybridized carbons (Fsp3) is 0.333. The van der Waals surface area contributed by atoms with Gasteiger partial charge in [0.15, 0.2) is 11.6 Å². The molecule has 1 aromatic carbocycles. The number of nitrogens with one attached hydrogen (secondary N) is 1. The molecule has 0 aliphatic heterocycles. The summed E-state index contributed by atoms with van der Waals surface area (Å²) in [4.78, 5) is 0. The molecule has 1 aromatic heterocycles. The van der Waals surface area contributed by atoms with E-state index < -0.39 is 11.6 Å². The Bertz CT molecular complexity index is 528.